The lowest BCUT2D eigenvalue weighted by molar-refractivity contribution is 0.403. The maximum Gasteiger partial charge on any atom is -0.0348 e. The maximum absolute atomic E-state index is 2.45. The lowest BCUT2D eigenvalue weighted by Gasteiger charge is -2.14. The van der Waals surface area contributed by atoms with Crippen molar-refractivity contribution in [3.8, 4) is 0 Å². The van der Waals surface area contributed by atoms with Crippen molar-refractivity contribution in [3.63, 3.8) is 0 Å². The summed E-state index contributed by atoms with van der Waals surface area (Å²) in [6.07, 6.45) is 25.0. The molecule has 0 atom stereocenters. The molecule has 0 amide bonds. The van der Waals surface area contributed by atoms with Crippen LogP contribution in [-0.2, 0) is 0 Å². The van der Waals surface area contributed by atoms with Crippen molar-refractivity contribution in [1.82, 2.24) is 6.15 Å². The summed E-state index contributed by atoms with van der Waals surface area (Å²) in [5.74, 6) is 1.03. The van der Waals surface area contributed by atoms with Crippen molar-refractivity contribution >= 4 is 0 Å². The van der Waals surface area contributed by atoms with Gasteiger partial charge >= 0.3 is 0 Å². The van der Waals surface area contributed by atoms with Crippen molar-refractivity contribution in [2.24, 2.45) is 5.92 Å². The van der Waals surface area contributed by atoms with Crippen LogP contribution in [0.1, 0.15) is 96.8 Å². The number of hydrogen-bond donors (Lipinski definition) is 1. The summed E-state index contributed by atoms with van der Waals surface area (Å²) >= 11 is 0. The van der Waals surface area contributed by atoms with E-state index >= 15 is 0 Å². The van der Waals surface area contributed by atoms with E-state index in [-0.39, 0.29) is 6.15 Å². The highest BCUT2D eigenvalue weighted by Gasteiger charge is 2.09. The first-order valence-electron chi connectivity index (χ1n) is 8.58. The fourth-order valence-electron chi connectivity index (χ4n) is 3.09. The molecule has 0 aromatic rings. The van der Waals surface area contributed by atoms with Gasteiger partial charge in [0.25, 0.3) is 0 Å². The van der Waals surface area contributed by atoms with Gasteiger partial charge in [0, 0.05) is 0 Å². The maximum atomic E-state index is 2.45. The van der Waals surface area contributed by atoms with Crippen molar-refractivity contribution < 1.29 is 0 Å². The van der Waals surface area contributed by atoms with Crippen molar-refractivity contribution in [2.75, 3.05) is 0 Å². The van der Waals surface area contributed by atoms with E-state index in [0.717, 1.165) is 5.92 Å². The Bertz CT molecular complexity index is 188. The first-order valence-corrected chi connectivity index (χ1v) is 8.58. The molecule has 114 valence electrons. The van der Waals surface area contributed by atoms with Gasteiger partial charge in [0.15, 0.2) is 0 Å². The van der Waals surface area contributed by atoms with Crippen LogP contribution in [0.4, 0.5) is 0 Å². The summed E-state index contributed by atoms with van der Waals surface area (Å²) in [4.78, 5) is 0. The second-order valence-electron chi connectivity index (χ2n) is 6.11. The Kier molecular flexibility index (Phi) is 13.9. The third-order valence-electron chi connectivity index (χ3n) is 4.36. The number of unbranched alkanes of at least 4 members (excludes halogenated alkanes) is 3. The Morgan fingerprint density at radius 1 is 0.789 bits per heavy atom. The first kappa shape index (κ1) is 18.7. The highest BCUT2D eigenvalue weighted by molar-refractivity contribution is 4.82. The molecule has 0 unspecified atom stereocenters. The lowest BCUT2D eigenvalue weighted by atomic mass is 9.92. The van der Waals surface area contributed by atoms with Crippen LogP contribution < -0.4 is 6.15 Å². The Balaban J connectivity index is 0.00000324. The van der Waals surface area contributed by atoms with Gasteiger partial charge in [0.1, 0.15) is 0 Å². The smallest absolute Gasteiger partial charge is 0.0348 e. The molecule has 1 aliphatic rings. The zero-order valence-electron chi connectivity index (χ0n) is 13.3. The van der Waals surface area contributed by atoms with Crippen LogP contribution in [0.2, 0.25) is 0 Å². The number of allylic oxidation sites excluding steroid dienone is 2. The van der Waals surface area contributed by atoms with E-state index in [0.29, 0.717) is 0 Å². The third kappa shape index (κ3) is 11.2. The molecular formula is C18H37N. The van der Waals surface area contributed by atoms with Crippen molar-refractivity contribution in [1.29, 1.82) is 0 Å². The molecule has 0 aromatic heterocycles. The van der Waals surface area contributed by atoms with Crippen molar-refractivity contribution in [3.05, 3.63) is 12.2 Å². The number of hydrogen-bond acceptors (Lipinski definition) is 1. The Morgan fingerprint density at radius 3 is 2.00 bits per heavy atom. The Hall–Kier alpha value is -0.300. The van der Waals surface area contributed by atoms with Crippen LogP contribution >= 0.6 is 0 Å². The summed E-state index contributed by atoms with van der Waals surface area (Å²) in [6.45, 7) is 2.28. The van der Waals surface area contributed by atoms with Crippen LogP contribution in [0.3, 0.4) is 0 Å². The molecule has 0 saturated heterocycles. The Morgan fingerprint density at radius 2 is 1.37 bits per heavy atom. The molecule has 1 nitrogen and oxygen atoms in total. The molecule has 1 rings (SSSR count). The largest absolute Gasteiger partial charge is 0.344 e. The highest BCUT2D eigenvalue weighted by atomic mass is 14.1. The van der Waals surface area contributed by atoms with Crippen LogP contribution in [0.15, 0.2) is 12.2 Å². The summed E-state index contributed by atoms with van der Waals surface area (Å²) in [5, 5.41) is 0. The monoisotopic (exact) mass is 267 g/mol. The lowest BCUT2D eigenvalue weighted by Crippen LogP contribution is -1.99. The molecule has 0 aliphatic heterocycles. The standard InChI is InChI=1S/C18H34.H3N/c1-2-3-4-5-6-9-12-15-18-16-13-10-7-8-11-14-17-18;/h6,9,18H,2-5,7-8,10-17H2,1H3;1H3. The second-order valence-corrected chi connectivity index (χ2v) is 6.11. The van der Waals surface area contributed by atoms with E-state index in [1.54, 1.807) is 0 Å². The van der Waals surface area contributed by atoms with E-state index in [1.807, 2.05) is 0 Å². The van der Waals surface area contributed by atoms with Gasteiger partial charge in [-0.3, -0.25) is 0 Å². The molecule has 19 heavy (non-hydrogen) atoms. The average Bonchev–Trinajstić information content (AvgIpc) is 2.51. The summed E-state index contributed by atoms with van der Waals surface area (Å²) in [5.41, 5.74) is 0. The molecule has 1 fully saturated rings. The van der Waals surface area contributed by atoms with Gasteiger partial charge in [-0.2, -0.15) is 0 Å². The molecule has 3 N–H and O–H groups in total. The quantitative estimate of drug-likeness (QED) is 0.399. The summed E-state index contributed by atoms with van der Waals surface area (Å²) in [6, 6.07) is 0. The van der Waals surface area contributed by atoms with Gasteiger partial charge in [-0.25, -0.2) is 0 Å². The van der Waals surface area contributed by atoms with Gasteiger partial charge in [-0.15, -0.1) is 0 Å². The van der Waals surface area contributed by atoms with Gasteiger partial charge in [0.05, 0.1) is 0 Å². The predicted molar refractivity (Wildman–Crippen MR) is 88.0 cm³/mol. The second kappa shape index (κ2) is 14.1. The zero-order chi connectivity index (χ0) is 12.9. The van der Waals surface area contributed by atoms with Crippen molar-refractivity contribution in [2.45, 2.75) is 96.8 Å². The van der Waals surface area contributed by atoms with Crippen LogP contribution in [0, 0.1) is 5.92 Å². The van der Waals surface area contributed by atoms with Crippen LogP contribution in [0.25, 0.3) is 0 Å². The van der Waals surface area contributed by atoms with E-state index in [2.05, 4.69) is 19.1 Å². The normalized spacial score (nSPS) is 18.6. The minimum Gasteiger partial charge on any atom is -0.344 e. The molecule has 1 heteroatoms. The molecule has 1 saturated carbocycles. The fraction of sp³-hybridized carbons (Fsp3) is 0.889. The van der Waals surface area contributed by atoms with Crippen LogP contribution in [-0.4, -0.2) is 0 Å². The topological polar surface area (TPSA) is 35.0 Å². The Labute approximate surface area is 121 Å². The first-order chi connectivity index (χ1) is 8.93. The van der Waals surface area contributed by atoms with Gasteiger partial charge in [0.2, 0.25) is 0 Å². The molecular weight excluding hydrogens is 230 g/mol. The minimum absolute atomic E-state index is 0. The molecule has 0 spiro atoms. The SMILES string of the molecule is CCCCCC=CCCC1CCCCCCCC1.N. The average molecular weight is 268 g/mol. The molecule has 0 radical (unpaired) electrons. The minimum atomic E-state index is 0. The van der Waals surface area contributed by atoms with E-state index in [9.17, 15) is 0 Å². The predicted octanol–water partition coefficient (Wildman–Crippen LogP) is 6.82. The summed E-state index contributed by atoms with van der Waals surface area (Å²) in [7, 11) is 0. The van der Waals surface area contributed by atoms with E-state index in [4.69, 9.17) is 0 Å². The number of rotatable bonds is 7. The fourth-order valence-corrected chi connectivity index (χ4v) is 3.09. The molecule has 1 aliphatic carbocycles. The van der Waals surface area contributed by atoms with Crippen LogP contribution in [0.5, 0.6) is 0 Å². The molecule has 0 bridgehead atoms. The molecule has 0 heterocycles. The zero-order valence-corrected chi connectivity index (χ0v) is 13.3. The molecule has 0 aromatic carbocycles. The summed E-state index contributed by atoms with van der Waals surface area (Å²) < 4.78 is 0. The van der Waals surface area contributed by atoms with Gasteiger partial charge in [-0.05, 0) is 31.6 Å². The highest BCUT2D eigenvalue weighted by Crippen LogP contribution is 2.25. The van der Waals surface area contributed by atoms with E-state index < -0.39 is 0 Å². The van der Waals surface area contributed by atoms with Gasteiger partial charge < -0.3 is 6.15 Å². The van der Waals surface area contributed by atoms with E-state index in [1.165, 1.54) is 89.9 Å². The van der Waals surface area contributed by atoms with Gasteiger partial charge in [-0.1, -0.05) is 83.3 Å². The third-order valence-corrected chi connectivity index (χ3v) is 4.36.